The monoisotopic (exact) mass is 245 g/mol. The fourth-order valence-electron chi connectivity index (χ4n) is 1.88. The molecule has 0 aliphatic rings. The van der Waals surface area contributed by atoms with Gasteiger partial charge in [0, 0.05) is 10.4 Å². The SMILES string of the molecule is CC(C)c1nc(-c2ccccc2)sc1C(C)C. The Kier molecular flexibility index (Phi) is 3.63. The van der Waals surface area contributed by atoms with Crippen LogP contribution in [0.25, 0.3) is 10.6 Å². The van der Waals surface area contributed by atoms with Crippen LogP contribution in [-0.2, 0) is 0 Å². The topological polar surface area (TPSA) is 12.9 Å². The Morgan fingerprint density at radius 3 is 2.06 bits per heavy atom. The van der Waals surface area contributed by atoms with Crippen LogP contribution in [-0.4, -0.2) is 4.98 Å². The standard InChI is InChI=1S/C15H19NS/c1-10(2)13-14(11(3)4)17-15(16-13)12-8-6-5-7-9-12/h5-11H,1-4H3. The quantitative estimate of drug-likeness (QED) is 0.736. The number of benzene rings is 1. The fraction of sp³-hybridized carbons (Fsp3) is 0.400. The van der Waals surface area contributed by atoms with Crippen LogP contribution in [0.15, 0.2) is 30.3 Å². The molecule has 0 aliphatic carbocycles. The maximum Gasteiger partial charge on any atom is 0.123 e. The van der Waals surface area contributed by atoms with Crippen molar-refractivity contribution in [1.82, 2.24) is 4.98 Å². The Labute approximate surface area is 108 Å². The third-order valence-electron chi connectivity index (χ3n) is 2.77. The van der Waals surface area contributed by atoms with Crippen LogP contribution in [0.1, 0.15) is 50.1 Å². The van der Waals surface area contributed by atoms with Crippen molar-refractivity contribution in [1.29, 1.82) is 0 Å². The van der Waals surface area contributed by atoms with Gasteiger partial charge in [0.1, 0.15) is 5.01 Å². The number of nitrogens with zero attached hydrogens (tertiary/aromatic N) is 1. The molecule has 0 amide bonds. The molecule has 0 fully saturated rings. The number of thiazole rings is 1. The van der Waals surface area contributed by atoms with Gasteiger partial charge in [-0.25, -0.2) is 4.98 Å². The van der Waals surface area contributed by atoms with Crippen molar-refractivity contribution >= 4 is 11.3 Å². The summed E-state index contributed by atoms with van der Waals surface area (Å²) in [5.41, 5.74) is 2.50. The maximum atomic E-state index is 4.82. The first-order valence-corrected chi connectivity index (χ1v) is 6.97. The van der Waals surface area contributed by atoms with Crippen LogP contribution in [0.3, 0.4) is 0 Å². The molecule has 2 rings (SSSR count). The molecule has 2 heteroatoms. The summed E-state index contributed by atoms with van der Waals surface area (Å²) >= 11 is 1.84. The maximum absolute atomic E-state index is 4.82. The van der Waals surface area contributed by atoms with E-state index < -0.39 is 0 Å². The second-order valence-corrected chi connectivity index (χ2v) is 5.97. The lowest BCUT2D eigenvalue weighted by atomic mass is 10.0. The average Bonchev–Trinajstić information content (AvgIpc) is 2.75. The van der Waals surface area contributed by atoms with E-state index in [4.69, 9.17) is 4.98 Å². The highest BCUT2D eigenvalue weighted by atomic mass is 32.1. The third-order valence-corrected chi connectivity index (χ3v) is 4.19. The van der Waals surface area contributed by atoms with Crippen LogP contribution >= 0.6 is 11.3 Å². The van der Waals surface area contributed by atoms with Gasteiger partial charge in [-0.2, -0.15) is 0 Å². The van der Waals surface area contributed by atoms with E-state index in [-0.39, 0.29) is 0 Å². The van der Waals surface area contributed by atoms with Gasteiger partial charge in [0.15, 0.2) is 0 Å². The Morgan fingerprint density at radius 1 is 0.941 bits per heavy atom. The van der Waals surface area contributed by atoms with E-state index in [9.17, 15) is 0 Å². The molecule has 0 saturated carbocycles. The molecule has 90 valence electrons. The lowest BCUT2D eigenvalue weighted by Crippen LogP contribution is -1.94. The first-order valence-electron chi connectivity index (χ1n) is 6.15. The van der Waals surface area contributed by atoms with Crippen molar-refractivity contribution in [2.75, 3.05) is 0 Å². The van der Waals surface area contributed by atoms with Gasteiger partial charge in [0.25, 0.3) is 0 Å². The number of hydrogen-bond acceptors (Lipinski definition) is 2. The molecule has 2 aromatic rings. The number of hydrogen-bond donors (Lipinski definition) is 0. The summed E-state index contributed by atoms with van der Waals surface area (Å²) in [7, 11) is 0. The second kappa shape index (κ2) is 5.01. The zero-order valence-corrected chi connectivity index (χ0v) is 11.7. The van der Waals surface area contributed by atoms with Crippen molar-refractivity contribution in [2.24, 2.45) is 0 Å². The van der Waals surface area contributed by atoms with Crippen molar-refractivity contribution < 1.29 is 0 Å². The van der Waals surface area contributed by atoms with Crippen molar-refractivity contribution in [2.45, 2.75) is 39.5 Å². The fourth-order valence-corrected chi connectivity index (χ4v) is 3.10. The molecule has 0 spiro atoms. The first kappa shape index (κ1) is 12.3. The molecule has 0 atom stereocenters. The van der Waals surface area contributed by atoms with Gasteiger partial charge in [0.05, 0.1) is 5.69 Å². The summed E-state index contributed by atoms with van der Waals surface area (Å²) in [6, 6.07) is 10.4. The molecule has 0 bridgehead atoms. The Balaban J connectivity index is 2.48. The summed E-state index contributed by atoms with van der Waals surface area (Å²) in [5.74, 6) is 1.06. The molecule has 1 aromatic heterocycles. The molecule has 17 heavy (non-hydrogen) atoms. The zero-order valence-electron chi connectivity index (χ0n) is 10.9. The summed E-state index contributed by atoms with van der Waals surface area (Å²) < 4.78 is 0. The summed E-state index contributed by atoms with van der Waals surface area (Å²) in [6.07, 6.45) is 0. The summed E-state index contributed by atoms with van der Waals surface area (Å²) in [6.45, 7) is 8.92. The minimum atomic E-state index is 0.501. The Morgan fingerprint density at radius 2 is 1.59 bits per heavy atom. The lowest BCUT2D eigenvalue weighted by Gasteiger charge is -2.07. The molecule has 0 unspecified atom stereocenters. The summed E-state index contributed by atoms with van der Waals surface area (Å²) in [5, 5.41) is 1.15. The van der Waals surface area contributed by atoms with E-state index in [2.05, 4.69) is 52.0 Å². The van der Waals surface area contributed by atoms with E-state index in [0.717, 1.165) is 5.01 Å². The highest BCUT2D eigenvalue weighted by Crippen LogP contribution is 2.35. The minimum Gasteiger partial charge on any atom is -0.241 e. The van der Waals surface area contributed by atoms with E-state index in [1.54, 1.807) is 0 Å². The molecular weight excluding hydrogens is 226 g/mol. The predicted octanol–water partition coefficient (Wildman–Crippen LogP) is 5.06. The number of rotatable bonds is 3. The number of aromatic nitrogens is 1. The Bertz CT molecular complexity index is 457. The van der Waals surface area contributed by atoms with Crippen molar-refractivity contribution in [3.05, 3.63) is 40.9 Å². The van der Waals surface area contributed by atoms with Gasteiger partial charge in [-0.3, -0.25) is 0 Å². The van der Waals surface area contributed by atoms with Crippen molar-refractivity contribution in [3.63, 3.8) is 0 Å². The molecular formula is C15H19NS. The highest BCUT2D eigenvalue weighted by Gasteiger charge is 2.17. The largest absolute Gasteiger partial charge is 0.241 e. The van der Waals surface area contributed by atoms with Crippen LogP contribution in [0, 0.1) is 0 Å². The zero-order chi connectivity index (χ0) is 12.4. The lowest BCUT2D eigenvalue weighted by molar-refractivity contribution is 0.781. The molecule has 0 aliphatic heterocycles. The van der Waals surface area contributed by atoms with Gasteiger partial charge < -0.3 is 0 Å². The normalized spacial score (nSPS) is 11.4. The van der Waals surface area contributed by atoms with Gasteiger partial charge >= 0.3 is 0 Å². The minimum absolute atomic E-state index is 0.501. The van der Waals surface area contributed by atoms with Gasteiger partial charge in [0.2, 0.25) is 0 Å². The molecule has 0 radical (unpaired) electrons. The smallest absolute Gasteiger partial charge is 0.123 e. The van der Waals surface area contributed by atoms with Gasteiger partial charge in [-0.05, 0) is 11.8 Å². The Hall–Kier alpha value is -1.15. The summed E-state index contributed by atoms with van der Waals surface area (Å²) in [4.78, 5) is 6.25. The molecule has 1 aromatic carbocycles. The van der Waals surface area contributed by atoms with E-state index in [1.165, 1.54) is 16.1 Å². The third kappa shape index (κ3) is 2.58. The first-order chi connectivity index (χ1) is 8.09. The van der Waals surface area contributed by atoms with Crippen LogP contribution < -0.4 is 0 Å². The van der Waals surface area contributed by atoms with Crippen LogP contribution in [0.5, 0.6) is 0 Å². The molecule has 0 saturated heterocycles. The second-order valence-electron chi connectivity index (χ2n) is 4.94. The van der Waals surface area contributed by atoms with Gasteiger partial charge in [-0.15, -0.1) is 11.3 Å². The van der Waals surface area contributed by atoms with Crippen molar-refractivity contribution in [3.8, 4) is 10.6 Å². The average molecular weight is 245 g/mol. The van der Waals surface area contributed by atoms with Crippen LogP contribution in [0.4, 0.5) is 0 Å². The van der Waals surface area contributed by atoms with Gasteiger partial charge in [-0.1, -0.05) is 58.0 Å². The highest BCUT2D eigenvalue weighted by molar-refractivity contribution is 7.15. The van der Waals surface area contributed by atoms with E-state index in [0.29, 0.717) is 11.8 Å². The van der Waals surface area contributed by atoms with E-state index >= 15 is 0 Å². The van der Waals surface area contributed by atoms with E-state index in [1.807, 2.05) is 17.4 Å². The molecule has 1 nitrogen and oxygen atoms in total. The molecule has 1 heterocycles. The molecule has 0 N–H and O–H groups in total. The predicted molar refractivity (Wildman–Crippen MR) is 75.7 cm³/mol. The van der Waals surface area contributed by atoms with Crippen LogP contribution in [0.2, 0.25) is 0 Å².